The average Bonchev–Trinajstić information content (AvgIpc) is 1.87. The topological polar surface area (TPSA) is 41.3 Å². The molecule has 0 radical (unpaired) electrons. The van der Waals surface area contributed by atoms with Crippen molar-refractivity contribution in [1.29, 1.82) is 0 Å². The van der Waals surface area contributed by atoms with Crippen LogP contribution in [-0.4, -0.2) is 15.3 Å². The van der Waals surface area contributed by atoms with E-state index in [1.54, 1.807) is 0 Å². The van der Waals surface area contributed by atoms with E-state index in [-0.39, 0.29) is 0 Å². The van der Waals surface area contributed by atoms with Gasteiger partial charge in [-0.15, -0.1) is 4.52 Å². The fourth-order valence-electron chi connectivity index (χ4n) is 0.317. The smallest absolute Gasteiger partial charge is 0.0814 e. The molecule has 0 aromatic heterocycles. The van der Waals surface area contributed by atoms with E-state index in [4.69, 9.17) is 18.1 Å². The molecule has 0 aromatic rings. The van der Waals surface area contributed by atoms with Gasteiger partial charge >= 0.3 is 0 Å². The van der Waals surface area contributed by atoms with Gasteiger partial charge in [0, 0.05) is 0 Å². The third kappa shape index (κ3) is 1.36. The molecule has 0 amide bonds. The van der Waals surface area contributed by atoms with E-state index in [0.717, 1.165) is 10.7 Å². The minimum atomic E-state index is 0.719. The molecule has 5 heteroatoms. The molecule has 1 fully saturated rings. The number of hydrazine groups is 2. The molecular formula is C2H5N3S2. The molecule has 1 rings (SSSR count). The molecule has 1 heterocycles. The zero-order valence-electron chi connectivity index (χ0n) is 3.55. The third-order valence-corrected chi connectivity index (χ3v) is 1.62. The minimum Gasteiger partial charge on any atom is -0.244 e. The molecule has 0 saturated carbocycles. The monoisotopic (exact) mass is 135 g/mol. The third-order valence-electron chi connectivity index (χ3n) is 0.579. The second kappa shape index (κ2) is 2.06. The van der Waals surface area contributed by atoms with Crippen LogP contribution >= 0.6 is 24.2 Å². The Morgan fingerprint density at radius 2 is 2.71 bits per heavy atom. The summed E-state index contributed by atoms with van der Waals surface area (Å²) in [5, 5.41) is 0. The van der Waals surface area contributed by atoms with Gasteiger partial charge in [-0.3, -0.25) is 0 Å². The highest BCUT2D eigenvalue weighted by atomic mass is 32.2. The number of nitrogens with two attached hydrogens (primary N) is 1. The molecular weight excluding hydrogens is 130 g/mol. The molecule has 7 heavy (non-hydrogen) atoms. The molecule has 0 unspecified atom stereocenters. The van der Waals surface area contributed by atoms with Crippen LogP contribution in [0.25, 0.3) is 0 Å². The van der Waals surface area contributed by atoms with E-state index in [2.05, 4.69) is 5.43 Å². The molecule has 0 aromatic carbocycles. The Labute approximate surface area is 51.3 Å². The lowest BCUT2D eigenvalue weighted by atomic mass is 10.8. The van der Waals surface area contributed by atoms with Crippen LogP contribution in [0.4, 0.5) is 0 Å². The summed E-state index contributed by atoms with van der Waals surface area (Å²) in [6.07, 6.45) is 0. The van der Waals surface area contributed by atoms with Crippen LogP contribution in [0, 0.1) is 0 Å². The fraction of sp³-hybridized carbons (Fsp3) is 0.500. The molecule has 0 aliphatic carbocycles. The van der Waals surface area contributed by atoms with Crippen molar-refractivity contribution in [2.45, 2.75) is 0 Å². The normalized spacial score (nSPS) is 23.9. The van der Waals surface area contributed by atoms with Crippen LogP contribution < -0.4 is 11.3 Å². The molecule has 3 N–H and O–H groups in total. The van der Waals surface area contributed by atoms with Crippen LogP contribution in [0.2, 0.25) is 0 Å². The lowest BCUT2D eigenvalue weighted by Crippen LogP contribution is -2.32. The first kappa shape index (κ1) is 5.46. The van der Waals surface area contributed by atoms with Crippen molar-refractivity contribution in [3.63, 3.8) is 0 Å². The van der Waals surface area contributed by atoms with Crippen molar-refractivity contribution in [2.24, 2.45) is 5.84 Å². The van der Waals surface area contributed by atoms with Crippen molar-refractivity contribution in [1.82, 2.24) is 9.95 Å². The van der Waals surface area contributed by atoms with Gasteiger partial charge in [0.25, 0.3) is 0 Å². The molecule has 0 bridgehead atoms. The lowest BCUT2D eigenvalue weighted by Gasteiger charge is -1.99. The predicted octanol–water partition coefficient (Wildman–Crippen LogP) is -0.344. The minimum absolute atomic E-state index is 0.719. The highest BCUT2D eigenvalue weighted by molar-refractivity contribution is 8.21. The first-order valence-electron chi connectivity index (χ1n) is 1.78. The number of hydrogen-bond acceptors (Lipinski definition) is 5. The molecule has 1 saturated heterocycles. The zero-order valence-corrected chi connectivity index (χ0v) is 5.18. The maximum Gasteiger partial charge on any atom is 0.0814 e. The van der Waals surface area contributed by atoms with Gasteiger partial charge in [0.15, 0.2) is 0 Å². The van der Waals surface area contributed by atoms with Gasteiger partial charge in [-0.05, 0) is 11.9 Å². The second-order valence-electron chi connectivity index (χ2n) is 1.12. The predicted molar refractivity (Wildman–Crippen MR) is 34.2 cm³/mol. The van der Waals surface area contributed by atoms with E-state index in [1.807, 2.05) is 0 Å². The van der Waals surface area contributed by atoms with Crippen molar-refractivity contribution in [2.75, 3.05) is 6.54 Å². The highest BCUT2D eigenvalue weighted by Gasteiger charge is 2.11. The first-order valence-corrected chi connectivity index (χ1v) is 2.96. The van der Waals surface area contributed by atoms with Crippen LogP contribution in [0.15, 0.2) is 0 Å². The Kier molecular flexibility index (Phi) is 1.61. The summed E-state index contributed by atoms with van der Waals surface area (Å²) in [7, 11) is 0. The first-order chi connectivity index (χ1) is 3.29. The maximum absolute atomic E-state index is 5.22. The van der Waals surface area contributed by atoms with Gasteiger partial charge in [0.05, 0.1) is 10.7 Å². The number of rotatable bonds is 0. The largest absolute Gasteiger partial charge is 0.244 e. The van der Waals surface area contributed by atoms with E-state index >= 15 is 0 Å². The Bertz CT molecular complexity index is 92.9. The number of nitrogens with one attached hydrogen (secondary N) is 1. The zero-order chi connectivity index (χ0) is 5.28. The van der Waals surface area contributed by atoms with E-state index in [9.17, 15) is 0 Å². The summed E-state index contributed by atoms with van der Waals surface area (Å²) in [5.41, 5.74) is 2.80. The standard InChI is InChI=1S/C2H5N3S2/c3-5-4-1-2(6)7-5/h4H,1,3H2. The summed E-state index contributed by atoms with van der Waals surface area (Å²) in [6, 6.07) is 0. The quantitative estimate of drug-likeness (QED) is 0.270. The highest BCUT2D eigenvalue weighted by Crippen LogP contribution is 2.09. The fourth-order valence-corrected chi connectivity index (χ4v) is 1.10. The summed E-state index contributed by atoms with van der Waals surface area (Å²) in [6.45, 7) is 0.719. The van der Waals surface area contributed by atoms with Gasteiger partial charge in [0.2, 0.25) is 0 Å². The van der Waals surface area contributed by atoms with E-state index < -0.39 is 0 Å². The molecule has 3 nitrogen and oxygen atoms in total. The Morgan fingerprint density at radius 3 is 2.86 bits per heavy atom. The van der Waals surface area contributed by atoms with Gasteiger partial charge in [-0.2, -0.15) is 0 Å². The summed E-state index contributed by atoms with van der Waals surface area (Å²) in [5.74, 6) is 5.22. The van der Waals surface area contributed by atoms with Gasteiger partial charge in [-0.1, -0.05) is 12.2 Å². The molecule has 1 aliphatic rings. The van der Waals surface area contributed by atoms with Gasteiger partial charge in [0.1, 0.15) is 0 Å². The average molecular weight is 135 g/mol. The molecule has 1 aliphatic heterocycles. The number of nitrogens with zero attached hydrogens (tertiary/aromatic N) is 1. The van der Waals surface area contributed by atoms with E-state index in [1.165, 1.54) is 16.5 Å². The van der Waals surface area contributed by atoms with Crippen molar-refractivity contribution < 1.29 is 0 Å². The molecule has 40 valence electrons. The van der Waals surface area contributed by atoms with Gasteiger partial charge in [-0.25, -0.2) is 11.3 Å². The van der Waals surface area contributed by atoms with Crippen molar-refractivity contribution in [3.05, 3.63) is 0 Å². The Morgan fingerprint density at radius 1 is 2.00 bits per heavy atom. The van der Waals surface area contributed by atoms with Crippen LogP contribution in [0.3, 0.4) is 0 Å². The van der Waals surface area contributed by atoms with Crippen LogP contribution in [0.5, 0.6) is 0 Å². The molecule has 0 atom stereocenters. The summed E-state index contributed by atoms with van der Waals surface area (Å²) in [4.78, 5) is 0. The maximum atomic E-state index is 5.22. The van der Waals surface area contributed by atoms with Crippen molar-refractivity contribution in [3.8, 4) is 0 Å². The lowest BCUT2D eigenvalue weighted by molar-refractivity contribution is 0.407. The Balaban J connectivity index is 2.40. The van der Waals surface area contributed by atoms with Crippen LogP contribution in [-0.2, 0) is 0 Å². The summed E-state index contributed by atoms with van der Waals surface area (Å²) < 4.78 is 2.30. The Hall–Kier alpha value is 0.320. The number of thiocarbonyl (C=S) groups is 1. The van der Waals surface area contributed by atoms with Crippen LogP contribution in [0.1, 0.15) is 0 Å². The van der Waals surface area contributed by atoms with Gasteiger partial charge < -0.3 is 0 Å². The number of hydrogen-bond donors (Lipinski definition) is 2. The SMILES string of the molecule is NN1NCC(=S)S1. The van der Waals surface area contributed by atoms with Crippen molar-refractivity contribution >= 4 is 28.4 Å². The van der Waals surface area contributed by atoms with E-state index in [0.29, 0.717) is 0 Å². The summed E-state index contributed by atoms with van der Waals surface area (Å²) >= 11 is 6.13. The molecule has 0 spiro atoms. The second-order valence-corrected chi connectivity index (χ2v) is 2.94.